The Morgan fingerprint density at radius 3 is 2.53 bits per heavy atom. The van der Waals surface area contributed by atoms with Gasteiger partial charge in [-0.05, 0) is 31.4 Å². The molecule has 0 amide bonds. The molecule has 0 unspecified atom stereocenters. The molecule has 0 saturated heterocycles. The first-order chi connectivity index (χ1) is 7.09. The fraction of sp³-hybridized carbons (Fsp3) is 0.583. The Morgan fingerprint density at radius 1 is 1.33 bits per heavy atom. The first kappa shape index (κ1) is 12.0. The highest BCUT2D eigenvalue weighted by Gasteiger charge is 2.01. The summed E-state index contributed by atoms with van der Waals surface area (Å²) in [6, 6.07) is 3.82. The van der Waals surface area contributed by atoms with Crippen LogP contribution in [-0.4, -0.2) is 11.6 Å². The molecule has 0 spiro atoms. The van der Waals surface area contributed by atoms with Gasteiger partial charge in [0.1, 0.15) is 5.75 Å². The van der Waals surface area contributed by atoms with E-state index in [0.29, 0.717) is 5.92 Å². The van der Waals surface area contributed by atoms with Crippen LogP contribution in [0, 0.1) is 5.92 Å². The third-order valence-corrected chi connectivity index (χ3v) is 2.19. The first-order valence-electron chi connectivity index (χ1n) is 5.44. The van der Waals surface area contributed by atoms with E-state index in [1.807, 2.05) is 19.1 Å². The van der Waals surface area contributed by atoms with Crippen LogP contribution >= 0.6 is 0 Å². The monoisotopic (exact) mass is 208 g/mol. The van der Waals surface area contributed by atoms with Gasteiger partial charge in [0.15, 0.2) is 0 Å². The van der Waals surface area contributed by atoms with E-state index < -0.39 is 0 Å². The lowest BCUT2D eigenvalue weighted by Gasteiger charge is -2.09. The summed E-state index contributed by atoms with van der Waals surface area (Å²) in [6.45, 7) is 7.03. The molecule has 15 heavy (non-hydrogen) atoms. The van der Waals surface area contributed by atoms with Crippen molar-refractivity contribution in [1.82, 2.24) is 4.98 Å². The molecular formula is C12H20N2O. The maximum atomic E-state index is 5.70. The van der Waals surface area contributed by atoms with Crippen LogP contribution in [0.5, 0.6) is 5.75 Å². The Hall–Kier alpha value is -1.09. The summed E-state index contributed by atoms with van der Waals surface area (Å²) in [7, 11) is 0. The van der Waals surface area contributed by atoms with Gasteiger partial charge < -0.3 is 10.5 Å². The summed E-state index contributed by atoms with van der Waals surface area (Å²) in [4.78, 5) is 4.23. The van der Waals surface area contributed by atoms with Crippen LogP contribution in [0.4, 0.5) is 0 Å². The van der Waals surface area contributed by atoms with Crippen molar-refractivity contribution in [3.05, 3.63) is 24.0 Å². The standard InChI is InChI=1S/C12H20N2O/c1-9(2)6-7-15-11-4-5-12(10(3)13)14-8-11/h4-5,8-10H,6-7,13H2,1-3H3/t10-/m1/s1. The number of hydrogen-bond acceptors (Lipinski definition) is 3. The second kappa shape index (κ2) is 5.71. The molecule has 1 aromatic rings. The number of nitrogens with two attached hydrogens (primary N) is 1. The van der Waals surface area contributed by atoms with E-state index in [9.17, 15) is 0 Å². The highest BCUT2D eigenvalue weighted by Crippen LogP contribution is 2.13. The van der Waals surface area contributed by atoms with Crippen molar-refractivity contribution in [2.75, 3.05) is 6.61 Å². The summed E-state index contributed by atoms with van der Waals surface area (Å²) in [5, 5.41) is 0. The van der Waals surface area contributed by atoms with Crippen molar-refractivity contribution in [2.45, 2.75) is 33.2 Å². The number of hydrogen-bond donors (Lipinski definition) is 1. The minimum absolute atomic E-state index is 0.0188. The van der Waals surface area contributed by atoms with Crippen molar-refractivity contribution in [1.29, 1.82) is 0 Å². The fourth-order valence-corrected chi connectivity index (χ4v) is 1.16. The molecule has 3 heteroatoms. The zero-order chi connectivity index (χ0) is 11.3. The molecule has 0 radical (unpaired) electrons. The summed E-state index contributed by atoms with van der Waals surface area (Å²) in [5.41, 5.74) is 6.59. The maximum Gasteiger partial charge on any atom is 0.137 e. The second-order valence-electron chi connectivity index (χ2n) is 4.24. The summed E-state index contributed by atoms with van der Waals surface area (Å²) in [5.74, 6) is 1.49. The lowest BCUT2D eigenvalue weighted by atomic mass is 10.1. The van der Waals surface area contributed by atoms with Gasteiger partial charge >= 0.3 is 0 Å². The number of pyridine rings is 1. The summed E-state index contributed by atoms with van der Waals surface area (Å²) in [6.07, 6.45) is 2.80. The SMILES string of the molecule is CC(C)CCOc1ccc([C@@H](C)N)nc1. The maximum absolute atomic E-state index is 5.70. The highest BCUT2D eigenvalue weighted by atomic mass is 16.5. The van der Waals surface area contributed by atoms with E-state index in [-0.39, 0.29) is 6.04 Å². The molecule has 1 atom stereocenters. The highest BCUT2D eigenvalue weighted by molar-refractivity contribution is 5.21. The number of rotatable bonds is 5. The molecule has 0 aliphatic heterocycles. The van der Waals surface area contributed by atoms with Gasteiger partial charge in [-0.25, -0.2) is 0 Å². The van der Waals surface area contributed by atoms with E-state index >= 15 is 0 Å². The van der Waals surface area contributed by atoms with E-state index in [4.69, 9.17) is 10.5 Å². The van der Waals surface area contributed by atoms with Crippen molar-refractivity contribution in [3.8, 4) is 5.75 Å². The average molecular weight is 208 g/mol. The van der Waals surface area contributed by atoms with Crippen LogP contribution in [0.3, 0.4) is 0 Å². The Morgan fingerprint density at radius 2 is 2.07 bits per heavy atom. The Labute approximate surface area is 91.7 Å². The van der Waals surface area contributed by atoms with E-state index in [1.165, 1.54) is 0 Å². The topological polar surface area (TPSA) is 48.1 Å². The van der Waals surface area contributed by atoms with Crippen LogP contribution in [0.25, 0.3) is 0 Å². The van der Waals surface area contributed by atoms with Crippen LogP contribution in [0.1, 0.15) is 38.9 Å². The van der Waals surface area contributed by atoms with Crippen molar-refractivity contribution in [2.24, 2.45) is 11.7 Å². The molecule has 1 heterocycles. The summed E-state index contributed by atoms with van der Waals surface area (Å²) >= 11 is 0. The smallest absolute Gasteiger partial charge is 0.137 e. The Balaban J connectivity index is 2.43. The molecule has 0 aliphatic carbocycles. The minimum Gasteiger partial charge on any atom is -0.492 e. The Kier molecular flexibility index (Phi) is 4.56. The first-order valence-corrected chi connectivity index (χ1v) is 5.44. The third-order valence-electron chi connectivity index (χ3n) is 2.19. The van der Waals surface area contributed by atoms with Gasteiger partial charge in [-0.2, -0.15) is 0 Å². The van der Waals surface area contributed by atoms with Gasteiger partial charge in [-0.3, -0.25) is 4.98 Å². The van der Waals surface area contributed by atoms with Gasteiger partial charge in [-0.15, -0.1) is 0 Å². The van der Waals surface area contributed by atoms with Crippen LogP contribution < -0.4 is 10.5 Å². The number of nitrogens with zero attached hydrogens (tertiary/aromatic N) is 1. The second-order valence-corrected chi connectivity index (χ2v) is 4.24. The van der Waals surface area contributed by atoms with Crippen LogP contribution in [0.2, 0.25) is 0 Å². The summed E-state index contributed by atoms with van der Waals surface area (Å²) < 4.78 is 5.55. The zero-order valence-corrected chi connectivity index (χ0v) is 9.73. The lowest BCUT2D eigenvalue weighted by molar-refractivity contribution is 0.288. The van der Waals surface area contributed by atoms with Gasteiger partial charge in [-0.1, -0.05) is 13.8 Å². The van der Waals surface area contributed by atoms with Gasteiger partial charge in [0.05, 0.1) is 18.5 Å². The molecule has 0 fully saturated rings. The fourth-order valence-electron chi connectivity index (χ4n) is 1.16. The molecule has 84 valence electrons. The molecule has 0 bridgehead atoms. The molecule has 0 aliphatic rings. The molecule has 1 rings (SSSR count). The van der Waals surface area contributed by atoms with Crippen LogP contribution in [-0.2, 0) is 0 Å². The van der Waals surface area contributed by atoms with E-state index in [1.54, 1.807) is 6.20 Å². The quantitative estimate of drug-likeness (QED) is 0.808. The lowest BCUT2D eigenvalue weighted by Crippen LogP contribution is -2.07. The predicted octanol–water partition coefficient (Wildman–Crippen LogP) is 2.53. The van der Waals surface area contributed by atoms with Crippen molar-refractivity contribution in [3.63, 3.8) is 0 Å². The average Bonchev–Trinajstić information content (AvgIpc) is 2.18. The molecule has 2 N–H and O–H groups in total. The number of aromatic nitrogens is 1. The van der Waals surface area contributed by atoms with Crippen molar-refractivity contribution < 1.29 is 4.74 Å². The van der Waals surface area contributed by atoms with Crippen molar-refractivity contribution >= 4 is 0 Å². The largest absolute Gasteiger partial charge is 0.492 e. The van der Waals surface area contributed by atoms with Gasteiger partial charge in [0, 0.05) is 6.04 Å². The number of ether oxygens (including phenoxy) is 1. The van der Waals surface area contributed by atoms with E-state index in [0.717, 1.165) is 24.5 Å². The molecule has 3 nitrogen and oxygen atoms in total. The third kappa shape index (κ3) is 4.30. The van der Waals surface area contributed by atoms with Gasteiger partial charge in [0.25, 0.3) is 0 Å². The molecule has 0 saturated carbocycles. The normalized spacial score (nSPS) is 12.9. The molecule has 0 aromatic carbocycles. The minimum atomic E-state index is -0.0188. The zero-order valence-electron chi connectivity index (χ0n) is 9.73. The molecule has 1 aromatic heterocycles. The van der Waals surface area contributed by atoms with Crippen LogP contribution in [0.15, 0.2) is 18.3 Å². The van der Waals surface area contributed by atoms with Gasteiger partial charge in [0.2, 0.25) is 0 Å². The molecular weight excluding hydrogens is 188 g/mol. The van der Waals surface area contributed by atoms with E-state index in [2.05, 4.69) is 18.8 Å². The predicted molar refractivity (Wildman–Crippen MR) is 61.8 cm³/mol. The Bertz CT molecular complexity index is 280.